The van der Waals surface area contributed by atoms with Crippen molar-refractivity contribution in [2.45, 2.75) is 19.3 Å². The summed E-state index contributed by atoms with van der Waals surface area (Å²) in [6.45, 7) is 1.00. The van der Waals surface area contributed by atoms with E-state index >= 15 is 0 Å². The molecule has 1 aliphatic rings. The number of rotatable bonds is 2. The number of hydrogen-bond acceptors (Lipinski definition) is 1. The molecule has 0 fully saturated rings. The molecule has 3 rings (SSSR count). The first kappa shape index (κ1) is 12.2. The summed E-state index contributed by atoms with van der Waals surface area (Å²) in [7, 11) is 0. The molecule has 1 heterocycles. The molecular weight excluding hydrogens is 244 g/mol. The van der Waals surface area contributed by atoms with Crippen LogP contribution in [0.25, 0.3) is 0 Å². The summed E-state index contributed by atoms with van der Waals surface area (Å²) in [5.41, 5.74) is 4.47. The minimum Gasteiger partial charge on any atom is -0.385 e. The van der Waals surface area contributed by atoms with E-state index in [1.54, 1.807) is 6.07 Å². The molecule has 0 aliphatic carbocycles. The number of hydrogen-bond donors (Lipinski definition) is 1. The number of halogens is 2. The Bertz CT molecular complexity index is 608. The van der Waals surface area contributed by atoms with Crippen molar-refractivity contribution in [3.63, 3.8) is 0 Å². The molecule has 0 saturated heterocycles. The Morgan fingerprint density at radius 3 is 2.79 bits per heavy atom. The van der Waals surface area contributed by atoms with Crippen molar-refractivity contribution in [3.8, 4) is 0 Å². The van der Waals surface area contributed by atoms with E-state index in [-0.39, 0.29) is 0 Å². The maximum Gasteiger partial charge on any atom is 0.159 e. The Hall–Kier alpha value is -1.90. The molecule has 19 heavy (non-hydrogen) atoms. The van der Waals surface area contributed by atoms with Crippen LogP contribution in [0.1, 0.15) is 23.1 Å². The first-order chi connectivity index (χ1) is 9.24. The van der Waals surface area contributed by atoms with Gasteiger partial charge < -0.3 is 5.32 Å². The summed E-state index contributed by atoms with van der Waals surface area (Å²) in [4.78, 5) is 0. The molecule has 0 aromatic heterocycles. The van der Waals surface area contributed by atoms with Crippen molar-refractivity contribution in [1.82, 2.24) is 0 Å². The maximum atomic E-state index is 13.2. The molecule has 0 radical (unpaired) electrons. The van der Waals surface area contributed by atoms with Gasteiger partial charge in [0.2, 0.25) is 0 Å². The van der Waals surface area contributed by atoms with E-state index in [0.29, 0.717) is 6.42 Å². The minimum absolute atomic E-state index is 0.641. The Labute approximate surface area is 111 Å². The Morgan fingerprint density at radius 1 is 1.05 bits per heavy atom. The van der Waals surface area contributed by atoms with Gasteiger partial charge in [-0.1, -0.05) is 18.2 Å². The van der Waals surface area contributed by atoms with Crippen LogP contribution in [-0.4, -0.2) is 6.54 Å². The quantitative estimate of drug-likeness (QED) is 0.862. The van der Waals surface area contributed by atoms with E-state index in [1.807, 2.05) is 6.07 Å². The summed E-state index contributed by atoms with van der Waals surface area (Å²) >= 11 is 0. The molecule has 0 amide bonds. The third kappa shape index (κ3) is 2.46. The van der Waals surface area contributed by atoms with Crippen LogP contribution in [-0.2, 0) is 12.8 Å². The molecule has 98 valence electrons. The van der Waals surface area contributed by atoms with Gasteiger partial charge in [0, 0.05) is 12.2 Å². The number of anilines is 1. The van der Waals surface area contributed by atoms with Crippen LogP contribution < -0.4 is 5.32 Å². The summed E-state index contributed by atoms with van der Waals surface area (Å²) in [5, 5.41) is 3.38. The summed E-state index contributed by atoms with van der Waals surface area (Å²) in [5.74, 6) is -1.57. The zero-order valence-electron chi connectivity index (χ0n) is 10.5. The lowest BCUT2D eigenvalue weighted by atomic mass is 9.93. The molecule has 1 nitrogen and oxygen atoms in total. The molecule has 0 bridgehead atoms. The summed E-state index contributed by atoms with van der Waals surface area (Å²) in [6.07, 6.45) is 2.80. The van der Waals surface area contributed by atoms with Gasteiger partial charge in [-0.25, -0.2) is 8.78 Å². The molecule has 0 spiro atoms. The maximum absolute atomic E-state index is 13.2. The van der Waals surface area contributed by atoms with Crippen LogP contribution in [0, 0.1) is 11.6 Å². The number of benzene rings is 2. The van der Waals surface area contributed by atoms with Gasteiger partial charge in [0.05, 0.1) is 0 Å². The molecule has 0 unspecified atom stereocenters. The van der Waals surface area contributed by atoms with Crippen LogP contribution in [0.2, 0.25) is 0 Å². The lowest BCUT2D eigenvalue weighted by molar-refractivity contribution is 0.507. The van der Waals surface area contributed by atoms with Crippen LogP contribution in [0.3, 0.4) is 0 Å². The highest BCUT2D eigenvalue weighted by atomic mass is 19.2. The van der Waals surface area contributed by atoms with Crippen molar-refractivity contribution < 1.29 is 8.78 Å². The second kappa shape index (κ2) is 5.00. The van der Waals surface area contributed by atoms with Gasteiger partial charge in [0.15, 0.2) is 11.6 Å². The summed E-state index contributed by atoms with van der Waals surface area (Å²) < 4.78 is 26.2. The SMILES string of the molecule is Fc1ccc(Cc2cccc3c2CCCN3)cc1F. The first-order valence-electron chi connectivity index (χ1n) is 6.52. The zero-order valence-corrected chi connectivity index (χ0v) is 10.5. The molecule has 0 atom stereocenters. The average Bonchev–Trinajstić information content (AvgIpc) is 2.43. The molecule has 3 heteroatoms. The topological polar surface area (TPSA) is 12.0 Å². The molecular formula is C16H15F2N. The molecule has 1 aliphatic heterocycles. The summed E-state index contributed by atoms with van der Waals surface area (Å²) in [6, 6.07) is 10.3. The fraction of sp³-hybridized carbons (Fsp3) is 0.250. The van der Waals surface area contributed by atoms with E-state index in [2.05, 4.69) is 17.4 Å². The van der Waals surface area contributed by atoms with Gasteiger partial charge in [0.25, 0.3) is 0 Å². The van der Waals surface area contributed by atoms with Crippen molar-refractivity contribution in [2.75, 3.05) is 11.9 Å². The highest BCUT2D eigenvalue weighted by molar-refractivity contribution is 5.57. The van der Waals surface area contributed by atoms with E-state index in [4.69, 9.17) is 0 Å². The Balaban J connectivity index is 1.92. The van der Waals surface area contributed by atoms with Gasteiger partial charge in [-0.3, -0.25) is 0 Å². The fourth-order valence-electron chi connectivity index (χ4n) is 2.62. The number of nitrogens with one attached hydrogen (secondary N) is 1. The molecule has 2 aromatic rings. The van der Waals surface area contributed by atoms with Gasteiger partial charge in [-0.05, 0) is 54.2 Å². The lowest BCUT2D eigenvalue weighted by Crippen LogP contribution is -2.13. The van der Waals surface area contributed by atoms with E-state index < -0.39 is 11.6 Å². The average molecular weight is 259 g/mol. The van der Waals surface area contributed by atoms with E-state index in [0.717, 1.165) is 24.9 Å². The zero-order chi connectivity index (χ0) is 13.2. The van der Waals surface area contributed by atoms with Gasteiger partial charge >= 0.3 is 0 Å². The van der Waals surface area contributed by atoms with E-state index in [9.17, 15) is 8.78 Å². The fourth-order valence-corrected chi connectivity index (χ4v) is 2.62. The van der Waals surface area contributed by atoms with Crippen molar-refractivity contribution >= 4 is 5.69 Å². The van der Waals surface area contributed by atoms with Crippen LogP contribution >= 0.6 is 0 Å². The second-order valence-electron chi connectivity index (χ2n) is 4.90. The smallest absolute Gasteiger partial charge is 0.159 e. The second-order valence-corrected chi connectivity index (χ2v) is 4.90. The van der Waals surface area contributed by atoms with E-state index in [1.165, 1.54) is 28.9 Å². The normalized spacial score (nSPS) is 13.8. The third-order valence-corrected chi connectivity index (χ3v) is 3.57. The predicted molar refractivity (Wildman–Crippen MR) is 72.4 cm³/mol. The Kier molecular flexibility index (Phi) is 3.20. The van der Waals surface area contributed by atoms with Crippen LogP contribution in [0.4, 0.5) is 14.5 Å². The highest BCUT2D eigenvalue weighted by Crippen LogP contribution is 2.27. The minimum atomic E-state index is -0.791. The molecule has 1 N–H and O–H groups in total. The van der Waals surface area contributed by atoms with Crippen LogP contribution in [0.5, 0.6) is 0 Å². The monoisotopic (exact) mass is 259 g/mol. The molecule has 2 aromatic carbocycles. The lowest BCUT2D eigenvalue weighted by Gasteiger charge is -2.21. The highest BCUT2D eigenvalue weighted by Gasteiger charge is 2.13. The van der Waals surface area contributed by atoms with Crippen molar-refractivity contribution in [3.05, 3.63) is 64.7 Å². The third-order valence-electron chi connectivity index (χ3n) is 3.57. The standard InChI is InChI=1S/C16H15F2N/c17-14-7-6-11(10-15(14)18)9-12-3-1-5-16-13(12)4-2-8-19-16/h1,3,5-7,10,19H,2,4,8-9H2. The van der Waals surface area contributed by atoms with Crippen molar-refractivity contribution in [1.29, 1.82) is 0 Å². The predicted octanol–water partition coefficient (Wildman–Crippen LogP) is 3.91. The van der Waals surface area contributed by atoms with Crippen LogP contribution in [0.15, 0.2) is 36.4 Å². The van der Waals surface area contributed by atoms with Crippen molar-refractivity contribution in [2.24, 2.45) is 0 Å². The largest absolute Gasteiger partial charge is 0.385 e. The van der Waals surface area contributed by atoms with Gasteiger partial charge in [-0.15, -0.1) is 0 Å². The first-order valence-corrected chi connectivity index (χ1v) is 6.52. The number of fused-ring (bicyclic) bond motifs is 1. The molecule has 0 saturated carbocycles. The van der Waals surface area contributed by atoms with Gasteiger partial charge in [0.1, 0.15) is 0 Å². The van der Waals surface area contributed by atoms with Gasteiger partial charge in [-0.2, -0.15) is 0 Å². The Morgan fingerprint density at radius 2 is 1.95 bits per heavy atom.